The zero-order valence-electron chi connectivity index (χ0n) is 14.1. The highest BCUT2D eigenvalue weighted by Crippen LogP contribution is 2.36. The molecule has 0 aromatic heterocycles. The lowest BCUT2D eigenvalue weighted by molar-refractivity contribution is 0.243. The standard InChI is InChI=1S/C17H31NOSi/c1-17(2,3)20(5,6)19-14-10-13-18(4)15-16-11-8-7-9-12-16/h7-9,11-12H,10,13-15H2,1-6H3. The first-order valence-electron chi connectivity index (χ1n) is 7.59. The molecule has 0 amide bonds. The fraction of sp³-hybridized carbons (Fsp3) is 0.647. The van der Waals surface area contributed by atoms with Crippen LogP contribution in [0.4, 0.5) is 0 Å². The van der Waals surface area contributed by atoms with Crippen LogP contribution in [0.3, 0.4) is 0 Å². The molecule has 0 saturated heterocycles. The van der Waals surface area contributed by atoms with E-state index in [9.17, 15) is 0 Å². The van der Waals surface area contributed by atoms with Gasteiger partial charge in [0.2, 0.25) is 0 Å². The molecule has 1 rings (SSSR count). The number of hydrogen-bond acceptors (Lipinski definition) is 2. The summed E-state index contributed by atoms with van der Waals surface area (Å²) in [6.07, 6.45) is 1.11. The van der Waals surface area contributed by atoms with Gasteiger partial charge in [-0.3, -0.25) is 0 Å². The van der Waals surface area contributed by atoms with E-state index in [1.807, 2.05) is 0 Å². The van der Waals surface area contributed by atoms with E-state index < -0.39 is 8.32 Å². The summed E-state index contributed by atoms with van der Waals surface area (Å²) >= 11 is 0. The number of hydrogen-bond donors (Lipinski definition) is 0. The van der Waals surface area contributed by atoms with Crippen LogP contribution in [0.25, 0.3) is 0 Å². The van der Waals surface area contributed by atoms with E-state index >= 15 is 0 Å². The fourth-order valence-corrected chi connectivity index (χ4v) is 2.94. The minimum Gasteiger partial charge on any atom is -0.417 e. The topological polar surface area (TPSA) is 12.5 Å². The molecule has 0 fully saturated rings. The molecule has 0 saturated carbocycles. The second-order valence-corrected chi connectivity index (χ2v) is 12.0. The van der Waals surface area contributed by atoms with Gasteiger partial charge in [0.05, 0.1) is 0 Å². The van der Waals surface area contributed by atoms with E-state index in [0.29, 0.717) is 5.04 Å². The molecule has 0 spiro atoms. The molecule has 3 heteroatoms. The molecule has 114 valence electrons. The Hall–Kier alpha value is -0.643. The maximum Gasteiger partial charge on any atom is 0.191 e. The van der Waals surface area contributed by atoms with Gasteiger partial charge in [-0.1, -0.05) is 51.1 Å². The van der Waals surface area contributed by atoms with Crippen LogP contribution < -0.4 is 0 Å². The summed E-state index contributed by atoms with van der Waals surface area (Å²) in [6, 6.07) is 10.6. The first-order valence-corrected chi connectivity index (χ1v) is 10.5. The Kier molecular flexibility index (Phi) is 6.43. The van der Waals surface area contributed by atoms with Crippen LogP contribution in [0, 0.1) is 0 Å². The molecule has 0 bridgehead atoms. The highest BCUT2D eigenvalue weighted by Gasteiger charge is 2.36. The predicted octanol–water partition coefficient (Wildman–Crippen LogP) is 4.53. The molecule has 0 N–H and O–H groups in total. The summed E-state index contributed by atoms with van der Waals surface area (Å²) in [5.74, 6) is 0. The van der Waals surface area contributed by atoms with Gasteiger partial charge in [0, 0.05) is 19.7 Å². The van der Waals surface area contributed by atoms with Crippen LogP contribution in [0.5, 0.6) is 0 Å². The SMILES string of the molecule is CN(CCCO[Si](C)(C)C(C)(C)C)Cc1ccccc1. The average Bonchev–Trinajstić information content (AvgIpc) is 2.34. The second-order valence-electron chi connectivity index (χ2n) is 7.19. The number of benzene rings is 1. The summed E-state index contributed by atoms with van der Waals surface area (Å²) < 4.78 is 6.21. The van der Waals surface area contributed by atoms with Gasteiger partial charge < -0.3 is 9.33 Å². The van der Waals surface area contributed by atoms with Crippen molar-refractivity contribution in [3.05, 3.63) is 35.9 Å². The average molecular weight is 294 g/mol. The predicted molar refractivity (Wildman–Crippen MR) is 90.5 cm³/mol. The lowest BCUT2D eigenvalue weighted by Gasteiger charge is -2.36. The van der Waals surface area contributed by atoms with Crippen LogP contribution in [0.15, 0.2) is 30.3 Å². The van der Waals surface area contributed by atoms with Gasteiger partial charge in [-0.15, -0.1) is 0 Å². The number of rotatable bonds is 7. The maximum atomic E-state index is 6.21. The minimum absolute atomic E-state index is 0.308. The quantitative estimate of drug-likeness (QED) is 0.541. The molecule has 0 heterocycles. The van der Waals surface area contributed by atoms with Gasteiger partial charge >= 0.3 is 0 Å². The Balaban J connectivity index is 2.24. The Bertz CT molecular complexity index is 384. The third-order valence-corrected chi connectivity index (χ3v) is 8.79. The van der Waals surface area contributed by atoms with Crippen LogP contribution in [0.2, 0.25) is 18.1 Å². The number of nitrogens with zero attached hydrogens (tertiary/aromatic N) is 1. The smallest absolute Gasteiger partial charge is 0.191 e. The first-order chi connectivity index (χ1) is 9.22. The van der Waals surface area contributed by atoms with E-state index in [1.165, 1.54) is 5.56 Å². The van der Waals surface area contributed by atoms with E-state index in [0.717, 1.165) is 26.1 Å². The zero-order chi connectivity index (χ0) is 15.2. The molecule has 2 nitrogen and oxygen atoms in total. The minimum atomic E-state index is -1.57. The summed E-state index contributed by atoms with van der Waals surface area (Å²) in [7, 11) is 0.610. The highest BCUT2D eigenvalue weighted by molar-refractivity contribution is 6.74. The van der Waals surface area contributed by atoms with Gasteiger partial charge in [-0.05, 0) is 37.2 Å². The van der Waals surface area contributed by atoms with Crippen molar-refractivity contribution in [1.29, 1.82) is 0 Å². The lowest BCUT2D eigenvalue weighted by Crippen LogP contribution is -2.41. The molecule has 0 unspecified atom stereocenters. The molecule has 0 aliphatic rings. The van der Waals surface area contributed by atoms with Gasteiger partial charge in [0.1, 0.15) is 0 Å². The molecular weight excluding hydrogens is 262 g/mol. The van der Waals surface area contributed by atoms with Gasteiger partial charge in [0.25, 0.3) is 0 Å². The van der Waals surface area contributed by atoms with Crippen molar-refractivity contribution in [3.8, 4) is 0 Å². The Morgan fingerprint density at radius 3 is 2.25 bits per heavy atom. The molecule has 0 atom stereocenters. The van der Waals surface area contributed by atoms with Crippen LogP contribution >= 0.6 is 0 Å². The first kappa shape index (κ1) is 17.4. The Morgan fingerprint density at radius 2 is 1.70 bits per heavy atom. The molecule has 0 radical (unpaired) electrons. The van der Waals surface area contributed by atoms with Crippen molar-refractivity contribution in [2.45, 2.75) is 51.9 Å². The van der Waals surface area contributed by atoms with Gasteiger partial charge in [-0.25, -0.2) is 0 Å². The second kappa shape index (κ2) is 7.39. The largest absolute Gasteiger partial charge is 0.417 e. The monoisotopic (exact) mass is 293 g/mol. The molecule has 1 aromatic rings. The normalized spacial score (nSPS) is 12.9. The van der Waals surface area contributed by atoms with Crippen molar-refractivity contribution in [2.75, 3.05) is 20.2 Å². The van der Waals surface area contributed by atoms with Crippen molar-refractivity contribution in [2.24, 2.45) is 0 Å². The third kappa shape index (κ3) is 5.78. The van der Waals surface area contributed by atoms with Crippen molar-refractivity contribution in [3.63, 3.8) is 0 Å². The summed E-state index contributed by atoms with van der Waals surface area (Å²) in [6.45, 7) is 14.5. The van der Waals surface area contributed by atoms with Crippen LogP contribution in [-0.2, 0) is 11.0 Å². The molecule has 20 heavy (non-hydrogen) atoms. The van der Waals surface area contributed by atoms with E-state index in [-0.39, 0.29) is 0 Å². The third-order valence-electron chi connectivity index (χ3n) is 4.25. The van der Waals surface area contributed by atoms with E-state index in [2.05, 4.69) is 76.1 Å². The van der Waals surface area contributed by atoms with Crippen molar-refractivity contribution in [1.82, 2.24) is 4.90 Å². The lowest BCUT2D eigenvalue weighted by atomic mass is 10.2. The highest BCUT2D eigenvalue weighted by atomic mass is 28.4. The maximum absolute atomic E-state index is 6.21. The summed E-state index contributed by atoms with van der Waals surface area (Å²) in [4.78, 5) is 2.37. The summed E-state index contributed by atoms with van der Waals surface area (Å²) in [5, 5.41) is 0.308. The van der Waals surface area contributed by atoms with Crippen LogP contribution in [-0.4, -0.2) is 33.4 Å². The summed E-state index contributed by atoms with van der Waals surface area (Å²) in [5.41, 5.74) is 1.38. The molecule has 1 aromatic carbocycles. The van der Waals surface area contributed by atoms with Crippen molar-refractivity contribution >= 4 is 8.32 Å². The van der Waals surface area contributed by atoms with Gasteiger partial charge in [0.15, 0.2) is 8.32 Å². The molecule has 0 aliphatic carbocycles. The van der Waals surface area contributed by atoms with Gasteiger partial charge in [-0.2, -0.15) is 0 Å². The van der Waals surface area contributed by atoms with Crippen molar-refractivity contribution < 1.29 is 4.43 Å². The van der Waals surface area contributed by atoms with Crippen LogP contribution in [0.1, 0.15) is 32.8 Å². The fourth-order valence-electron chi connectivity index (χ4n) is 1.85. The van der Waals surface area contributed by atoms with E-state index in [1.54, 1.807) is 0 Å². The molecular formula is C17H31NOSi. The Morgan fingerprint density at radius 1 is 1.10 bits per heavy atom. The Labute approximate surface area is 126 Å². The molecule has 0 aliphatic heterocycles. The van der Waals surface area contributed by atoms with E-state index in [4.69, 9.17) is 4.43 Å². The zero-order valence-corrected chi connectivity index (χ0v) is 15.1.